The summed E-state index contributed by atoms with van der Waals surface area (Å²) < 4.78 is 42.8. The Morgan fingerprint density at radius 1 is 0.895 bits per heavy atom. The first kappa shape index (κ1) is 15.2. The van der Waals surface area contributed by atoms with Gasteiger partial charge in [0, 0.05) is 5.69 Å². The van der Waals surface area contributed by atoms with Crippen molar-refractivity contribution in [1.82, 2.24) is 0 Å². The summed E-state index contributed by atoms with van der Waals surface area (Å²) in [5.41, 5.74) is 5.32. The van der Waals surface area contributed by atoms with Gasteiger partial charge in [-0.05, 0) is 42.5 Å². The second-order valence-electron chi connectivity index (χ2n) is 3.70. The average Bonchev–Trinajstić information content (AvgIpc) is 2.31. The predicted molar refractivity (Wildman–Crippen MR) is 69.6 cm³/mol. The Balaban J connectivity index is 0.00000180. The second kappa shape index (κ2) is 5.84. The van der Waals surface area contributed by atoms with E-state index in [1.807, 2.05) is 0 Å². The highest BCUT2D eigenvalue weighted by Crippen LogP contribution is 2.32. The number of hydrogen-bond acceptors (Lipinski definition) is 2. The molecule has 2 aromatic rings. The van der Waals surface area contributed by atoms with Crippen LogP contribution in [-0.4, -0.2) is 0 Å². The first-order chi connectivity index (χ1) is 8.45. The van der Waals surface area contributed by atoms with Gasteiger partial charge in [-0.3, -0.25) is 0 Å². The summed E-state index contributed by atoms with van der Waals surface area (Å²) in [5.74, 6) is 0.568. The van der Waals surface area contributed by atoms with Gasteiger partial charge in [0.1, 0.15) is 11.5 Å². The molecule has 0 bridgehead atoms. The van der Waals surface area contributed by atoms with E-state index in [1.54, 1.807) is 24.3 Å². The van der Waals surface area contributed by atoms with Crippen LogP contribution >= 0.6 is 12.4 Å². The van der Waals surface area contributed by atoms with Crippen LogP contribution in [0.4, 0.5) is 18.9 Å². The molecule has 2 nitrogen and oxygen atoms in total. The zero-order valence-corrected chi connectivity index (χ0v) is 10.5. The number of alkyl halides is 3. The quantitative estimate of drug-likeness (QED) is 0.826. The van der Waals surface area contributed by atoms with Gasteiger partial charge in [0.05, 0.1) is 5.56 Å². The van der Waals surface area contributed by atoms with E-state index in [2.05, 4.69) is 0 Å². The van der Waals surface area contributed by atoms with Gasteiger partial charge >= 0.3 is 6.18 Å². The topological polar surface area (TPSA) is 35.2 Å². The maximum absolute atomic E-state index is 12.5. The number of rotatable bonds is 2. The fourth-order valence-corrected chi connectivity index (χ4v) is 1.41. The molecule has 0 saturated carbocycles. The predicted octanol–water partition coefficient (Wildman–Crippen LogP) is 4.50. The number of nitrogen functional groups attached to an aromatic ring is 1. The molecule has 0 aliphatic carbocycles. The summed E-state index contributed by atoms with van der Waals surface area (Å²) in [6, 6.07) is 11.1. The smallest absolute Gasteiger partial charge is 0.416 e. The third-order valence-corrected chi connectivity index (χ3v) is 2.28. The minimum absolute atomic E-state index is 0. The van der Waals surface area contributed by atoms with Crippen molar-refractivity contribution >= 4 is 18.1 Å². The molecule has 2 N–H and O–H groups in total. The zero-order chi connectivity index (χ0) is 13.2. The lowest BCUT2D eigenvalue weighted by molar-refractivity contribution is -0.137. The summed E-state index contributed by atoms with van der Waals surface area (Å²) in [7, 11) is 0. The van der Waals surface area contributed by atoms with Crippen molar-refractivity contribution in [2.24, 2.45) is 0 Å². The van der Waals surface area contributed by atoms with E-state index >= 15 is 0 Å². The molecule has 0 fully saturated rings. The molecule has 0 aliphatic rings. The number of benzene rings is 2. The minimum atomic E-state index is -4.37. The Hall–Kier alpha value is -1.88. The Labute approximate surface area is 114 Å². The third kappa shape index (κ3) is 4.06. The molecular weight excluding hydrogens is 279 g/mol. The second-order valence-corrected chi connectivity index (χ2v) is 3.70. The molecule has 0 atom stereocenters. The summed E-state index contributed by atoms with van der Waals surface area (Å²) in [4.78, 5) is 0. The van der Waals surface area contributed by atoms with Gasteiger partial charge in [0.2, 0.25) is 0 Å². The van der Waals surface area contributed by atoms with Crippen LogP contribution < -0.4 is 10.5 Å². The van der Waals surface area contributed by atoms with Crippen LogP contribution in [0, 0.1) is 0 Å². The average molecular weight is 290 g/mol. The van der Waals surface area contributed by atoms with E-state index in [0.29, 0.717) is 11.4 Å². The molecule has 6 heteroatoms. The van der Waals surface area contributed by atoms with Crippen molar-refractivity contribution < 1.29 is 17.9 Å². The first-order valence-electron chi connectivity index (χ1n) is 5.16. The molecule has 0 saturated heterocycles. The molecular formula is C13H11ClF3NO. The monoisotopic (exact) mass is 289 g/mol. The van der Waals surface area contributed by atoms with Crippen molar-refractivity contribution in [3.8, 4) is 11.5 Å². The molecule has 102 valence electrons. The summed E-state index contributed by atoms with van der Waals surface area (Å²) in [6.07, 6.45) is -4.37. The van der Waals surface area contributed by atoms with Crippen LogP contribution in [0.2, 0.25) is 0 Å². The molecule has 2 aromatic carbocycles. The van der Waals surface area contributed by atoms with Gasteiger partial charge in [-0.1, -0.05) is 6.07 Å². The van der Waals surface area contributed by atoms with Crippen LogP contribution in [0.3, 0.4) is 0 Å². The van der Waals surface area contributed by atoms with E-state index in [0.717, 1.165) is 12.1 Å². The van der Waals surface area contributed by atoms with Crippen LogP contribution in [-0.2, 0) is 6.18 Å². The van der Waals surface area contributed by atoms with Gasteiger partial charge in [-0.25, -0.2) is 0 Å². The molecule has 0 unspecified atom stereocenters. The van der Waals surface area contributed by atoms with Crippen LogP contribution in [0.1, 0.15) is 5.56 Å². The first-order valence-corrected chi connectivity index (χ1v) is 5.16. The highest BCUT2D eigenvalue weighted by Gasteiger charge is 2.30. The van der Waals surface area contributed by atoms with Crippen LogP contribution in [0.15, 0.2) is 48.5 Å². The van der Waals surface area contributed by atoms with Crippen molar-refractivity contribution in [1.29, 1.82) is 0 Å². The van der Waals surface area contributed by atoms with Gasteiger partial charge in [-0.2, -0.15) is 13.2 Å². The normalized spacial score (nSPS) is 10.7. The van der Waals surface area contributed by atoms with Crippen LogP contribution in [0.25, 0.3) is 0 Å². The van der Waals surface area contributed by atoms with E-state index in [-0.39, 0.29) is 18.2 Å². The lowest BCUT2D eigenvalue weighted by Gasteiger charge is -2.10. The van der Waals surface area contributed by atoms with E-state index in [9.17, 15) is 13.2 Å². The number of ether oxygens (including phenoxy) is 1. The molecule has 0 amide bonds. The number of halogens is 4. The third-order valence-electron chi connectivity index (χ3n) is 2.28. The zero-order valence-electron chi connectivity index (χ0n) is 9.65. The highest BCUT2D eigenvalue weighted by molar-refractivity contribution is 5.85. The summed E-state index contributed by atoms with van der Waals surface area (Å²) >= 11 is 0. The fourth-order valence-electron chi connectivity index (χ4n) is 1.41. The summed E-state index contributed by atoms with van der Waals surface area (Å²) in [6.45, 7) is 0. The van der Waals surface area contributed by atoms with Gasteiger partial charge in [0.15, 0.2) is 0 Å². The van der Waals surface area contributed by atoms with E-state index in [4.69, 9.17) is 10.5 Å². The Kier molecular flexibility index (Phi) is 4.67. The SMILES string of the molecule is Cl.Nc1ccc(Oc2cccc(C(F)(F)F)c2)cc1. The molecule has 0 radical (unpaired) electrons. The Morgan fingerprint density at radius 3 is 2.11 bits per heavy atom. The van der Waals surface area contributed by atoms with Gasteiger partial charge in [-0.15, -0.1) is 12.4 Å². The minimum Gasteiger partial charge on any atom is -0.457 e. The molecule has 2 rings (SSSR count). The van der Waals surface area contributed by atoms with Crippen molar-refractivity contribution in [2.75, 3.05) is 5.73 Å². The maximum atomic E-state index is 12.5. The lowest BCUT2D eigenvalue weighted by atomic mass is 10.2. The molecule has 0 aliphatic heterocycles. The molecule has 19 heavy (non-hydrogen) atoms. The van der Waals surface area contributed by atoms with Crippen molar-refractivity contribution in [3.63, 3.8) is 0 Å². The Morgan fingerprint density at radius 2 is 1.53 bits per heavy atom. The highest BCUT2D eigenvalue weighted by atomic mass is 35.5. The molecule has 0 spiro atoms. The largest absolute Gasteiger partial charge is 0.457 e. The number of anilines is 1. The van der Waals surface area contributed by atoms with Crippen LogP contribution in [0.5, 0.6) is 11.5 Å². The number of hydrogen-bond donors (Lipinski definition) is 1. The standard InChI is InChI=1S/C13H10F3NO.ClH/c14-13(15,16)9-2-1-3-12(8-9)18-11-6-4-10(17)5-7-11;/h1-8H,17H2;1H. The van der Waals surface area contributed by atoms with Gasteiger partial charge in [0.25, 0.3) is 0 Å². The molecule has 0 aromatic heterocycles. The molecule has 0 heterocycles. The van der Waals surface area contributed by atoms with Crippen molar-refractivity contribution in [3.05, 3.63) is 54.1 Å². The fraction of sp³-hybridized carbons (Fsp3) is 0.0769. The van der Waals surface area contributed by atoms with E-state index in [1.165, 1.54) is 12.1 Å². The van der Waals surface area contributed by atoms with Gasteiger partial charge < -0.3 is 10.5 Å². The maximum Gasteiger partial charge on any atom is 0.416 e. The van der Waals surface area contributed by atoms with E-state index < -0.39 is 11.7 Å². The summed E-state index contributed by atoms with van der Waals surface area (Å²) in [5, 5.41) is 0. The Bertz CT molecular complexity index is 540. The van der Waals surface area contributed by atoms with Crippen molar-refractivity contribution in [2.45, 2.75) is 6.18 Å². The number of nitrogens with two attached hydrogens (primary N) is 1. The lowest BCUT2D eigenvalue weighted by Crippen LogP contribution is -2.04.